The first-order valence-electron chi connectivity index (χ1n) is 10.3. The van der Waals surface area contributed by atoms with Gasteiger partial charge >= 0.3 is 0 Å². The Balaban J connectivity index is 1.85. The number of nitro groups is 1. The largest absolute Gasteiger partial charge is 0.497 e. The van der Waals surface area contributed by atoms with Gasteiger partial charge in [-0.3, -0.25) is 19.7 Å². The molecule has 0 saturated heterocycles. The second-order valence-corrected chi connectivity index (χ2v) is 7.92. The van der Waals surface area contributed by atoms with Crippen LogP contribution in [0.1, 0.15) is 48.0 Å². The van der Waals surface area contributed by atoms with Crippen molar-refractivity contribution in [2.45, 2.75) is 38.1 Å². The number of amides is 2. The SMILES string of the molecule is COc1ccc(C(=O)N/C(=C/c2ccc([N+](=O)[O-])cc2)C(=O)NC2CCCCC2)c(Cl)c1. The maximum atomic E-state index is 13.0. The lowest BCUT2D eigenvalue weighted by Gasteiger charge is -2.23. The molecule has 9 heteroatoms. The van der Waals surface area contributed by atoms with E-state index in [0.717, 1.165) is 32.1 Å². The fourth-order valence-electron chi connectivity index (χ4n) is 3.52. The summed E-state index contributed by atoms with van der Waals surface area (Å²) in [6, 6.07) is 10.4. The molecule has 0 spiro atoms. The Morgan fingerprint density at radius 1 is 1.12 bits per heavy atom. The van der Waals surface area contributed by atoms with E-state index < -0.39 is 16.7 Å². The van der Waals surface area contributed by atoms with Gasteiger partial charge in [0, 0.05) is 18.2 Å². The molecule has 32 heavy (non-hydrogen) atoms. The van der Waals surface area contributed by atoms with Crippen molar-refractivity contribution in [3.8, 4) is 5.75 Å². The first kappa shape index (κ1) is 23.3. The summed E-state index contributed by atoms with van der Waals surface area (Å²) in [6.45, 7) is 0. The number of non-ortho nitro benzene ring substituents is 1. The third-order valence-electron chi connectivity index (χ3n) is 5.27. The van der Waals surface area contributed by atoms with Gasteiger partial charge in [0.1, 0.15) is 11.4 Å². The van der Waals surface area contributed by atoms with E-state index in [0.29, 0.717) is 11.3 Å². The van der Waals surface area contributed by atoms with Crippen molar-refractivity contribution in [1.82, 2.24) is 10.6 Å². The van der Waals surface area contributed by atoms with Gasteiger partial charge in [-0.2, -0.15) is 0 Å². The summed E-state index contributed by atoms with van der Waals surface area (Å²) >= 11 is 6.20. The van der Waals surface area contributed by atoms with Crippen LogP contribution in [0.4, 0.5) is 5.69 Å². The minimum Gasteiger partial charge on any atom is -0.497 e. The van der Waals surface area contributed by atoms with Crippen molar-refractivity contribution in [3.63, 3.8) is 0 Å². The molecule has 2 amide bonds. The van der Waals surface area contributed by atoms with Crippen LogP contribution in [0.5, 0.6) is 5.75 Å². The molecule has 168 valence electrons. The van der Waals surface area contributed by atoms with Crippen LogP contribution < -0.4 is 15.4 Å². The van der Waals surface area contributed by atoms with Gasteiger partial charge < -0.3 is 15.4 Å². The van der Waals surface area contributed by atoms with E-state index in [1.165, 1.54) is 49.6 Å². The number of hydrogen-bond acceptors (Lipinski definition) is 5. The van der Waals surface area contributed by atoms with E-state index in [9.17, 15) is 19.7 Å². The number of halogens is 1. The summed E-state index contributed by atoms with van der Waals surface area (Å²) in [5.41, 5.74) is 0.684. The highest BCUT2D eigenvalue weighted by molar-refractivity contribution is 6.34. The zero-order valence-corrected chi connectivity index (χ0v) is 18.4. The van der Waals surface area contributed by atoms with Gasteiger partial charge in [0.05, 0.1) is 22.6 Å². The minimum atomic E-state index is -0.551. The zero-order valence-electron chi connectivity index (χ0n) is 17.6. The molecule has 0 bridgehead atoms. The van der Waals surface area contributed by atoms with E-state index >= 15 is 0 Å². The van der Waals surface area contributed by atoms with Crippen molar-refractivity contribution in [3.05, 3.63) is 74.4 Å². The van der Waals surface area contributed by atoms with Crippen molar-refractivity contribution < 1.29 is 19.2 Å². The van der Waals surface area contributed by atoms with Crippen LogP contribution in [0.25, 0.3) is 6.08 Å². The quantitative estimate of drug-likeness (QED) is 0.362. The fourth-order valence-corrected chi connectivity index (χ4v) is 3.78. The third-order valence-corrected chi connectivity index (χ3v) is 5.58. The Labute approximate surface area is 190 Å². The van der Waals surface area contributed by atoms with E-state index in [1.54, 1.807) is 6.07 Å². The summed E-state index contributed by atoms with van der Waals surface area (Å²) in [4.78, 5) is 36.2. The number of ether oxygens (including phenoxy) is 1. The number of hydrogen-bond donors (Lipinski definition) is 2. The predicted octanol–water partition coefficient (Wildman–Crippen LogP) is 4.48. The number of nitro benzene ring substituents is 1. The molecule has 0 heterocycles. The first-order valence-corrected chi connectivity index (χ1v) is 10.7. The number of carbonyl (C=O) groups is 2. The Bertz CT molecular complexity index is 1030. The fraction of sp³-hybridized carbons (Fsp3) is 0.304. The topological polar surface area (TPSA) is 111 Å². The lowest BCUT2D eigenvalue weighted by Crippen LogP contribution is -2.41. The molecule has 1 aliphatic carbocycles. The van der Waals surface area contributed by atoms with Crippen LogP contribution in [-0.4, -0.2) is 29.9 Å². The Morgan fingerprint density at radius 3 is 2.41 bits per heavy atom. The average Bonchev–Trinajstić information content (AvgIpc) is 2.79. The highest BCUT2D eigenvalue weighted by atomic mass is 35.5. The molecule has 0 unspecified atom stereocenters. The Morgan fingerprint density at radius 2 is 1.81 bits per heavy atom. The van der Waals surface area contributed by atoms with Crippen LogP contribution in [0.2, 0.25) is 5.02 Å². The van der Waals surface area contributed by atoms with Gasteiger partial charge in [0.15, 0.2) is 0 Å². The van der Waals surface area contributed by atoms with Gasteiger partial charge in [-0.25, -0.2) is 0 Å². The molecular weight excluding hydrogens is 434 g/mol. The Kier molecular flexibility index (Phi) is 7.83. The number of benzene rings is 2. The molecule has 0 atom stereocenters. The van der Waals surface area contributed by atoms with Crippen LogP contribution in [-0.2, 0) is 4.79 Å². The van der Waals surface area contributed by atoms with Crippen molar-refractivity contribution in [1.29, 1.82) is 0 Å². The van der Waals surface area contributed by atoms with Gasteiger partial charge in [-0.1, -0.05) is 30.9 Å². The summed E-state index contributed by atoms with van der Waals surface area (Å²) in [7, 11) is 1.49. The highest BCUT2D eigenvalue weighted by Crippen LogP contribution is 2.23. The maximum absolute atomic E-state index is 13.0. The van der Waals surface area contributed by atoms with E-state index in [2.05, 4.69) is 10.6 Å². The molecule has 3 rings (SSSR count). The average molecular weight is 458 g/mol. The second kappa shape index (κ2) is 10.8. The monoisotopic (exact) mass is 457 g/mol. The Hall–Kier alpha value is -3.39. The molecule has 2 aromatic rings. The molecule has 0 radical (unpaired) electrons. The van der Waals surface area contributed by atoms with E-state index in [-0.39, 0.29) is 28.0 Å². The smallest absolute Gasteiger partial charge is 0.269 e. The molecule has 2 N–H and O–H groups in total. The molecule has 0 aromatic heterocycles. The number of rotatable bonds is 7. The normalized spacial score (nSPS) is 14.5. The van der Waals surface area contributed by atoms with Gasteiger partial charge in [-0.05, 0) is 54.8 Å². The number of methoxy groups -OCH3 is 1. The van der Waals surface area contributed by atoms with Crippen molar-refractivity contribution in [2.75, 3.05) is 7.11 Å². The van der Waals surface area contributed by atoms with E-state index in [1.807, 2.05) is 0 Å². The molecule has 8 nitrogen and oxygen atoms in total. The van der Waals surface area contributed by atoms with Gasteiger partial charge in [-0.15, -0.1) is 0 Å². The third kappa shape index (κ3) is 6.07. The second-order valence-electron chi connectivity index (χ2n) is 7.51. The van der Waals surface area contributed by atoms with Crippen LogP contribution in [0.3, 0.4) is 0 Å². The minimum absolute atomic E-state index is 0.0290. The van der Waals surface area contributed by atoms with Gasteiger partial charge in [0.2, 0.25) is 0 Å². The summed E-state index contributed by atoms with van der Waals surface area (Å²) in [5.74, 6) is -0.471. The van der Waals surface area contributed by atoms with E-state index in [4.69, 9.17) is 16.3 Å². The zero-order chi connectivity index (χ0) is 23.1. The van der Waals surface area contributed by atoms with Crippen molar-refractivity contribution in [2.24, 2.45) is 0 Å². The molecule has 1 saturated carbocycles. The molecule has 1 aliphatic rings. The molecule has 2 aromatic carbocycles. The van der Waals surface area contributed by atoms with Crippen LogP contribution in [0.15, 0.2) is 48.2 Å². The summed E-state index contributed by atoms with van der Waals surface area (Å²) in [6.07, 6.45) is 6.48. The predicted molar refractivity (Wildman–Crippen MR) is 122 cm³/mol. The molecule has 0 aliphatic heterocycles. The number of carbonyl (C=O) groups excluding carboxylic acids is 2. The van der Waals surface area contributed by atoms with Crippen molar-refractivity contribution >= 4 is 35.2 Å². The van der Waals surface area contributed by atoms with Crippen LogP contribution in [0, 0.1) is 10.1 Å². The lowest BCUT2D eigenvalue weighted by molar-refractivity contribution is -0.384. The number of nitrogens with zero attached hydrogens (tertiary/aromatic N) is 1. The summed E-state index contributed by atoms with van der Waals surface area (Å²) < 4.78 is 5.10. The standard InChI is InChI=1S/C23H24ClN3O5/c1-32-18-11-12-19(20(24)14-18)22(28)26-21(23(29)25-16-5-3-2-4-6-16)13-15-7-9-17(10-8-15)27(30)31/h7-14,16H,2-6H2,1H3,(H,25,29)(H,26,28)/b21-13+. The first-order chi connectivity index (χ1) is 15.4. The number of nitrogens with one attached hydrogen (secondary N) is 2. The lowest BCUT2D eigenvalue weighted by atomic mass is 9.95. The maximum Gasteiger partial charge on any atom is 0.269 e. The molecule has 1 fully saturated rings. The highest BCUT2D eigenvalue weighted by Gasteiger charge is 2.21. The molecular formula is C23H24ClN3O5. The van der Waals surface area contributed by atoms with Gasteiger partial charge in [0.25, 0.3) is 17.5 Å². The van der Waals surface area contributed by atoms with Crippen LogP contribution >= 0.6 is 11.6 Å². The summed E-state index contributed by atoms with van der Waals surface area (Å²) in [5, 5.41) is 16.7.